The number of aliphatic hydroxyl groups excluding tert-OH is 1. The summed E-state index contributed by atoms with van der Waals surface area (Å²) in [6, 6.07) is 40.9. The smallest absolute Gasteiger partial charge is 0.252 e. The molecule has 9 heteroatoms. The molecule has 1 heterocycles. The van der Waals surface area contributed by atoms with E-state index in [1.54, 1.807) is 12.1 Å². The third kappa shape index (κ3) is 7.87. The summed E-state index contributed by atoms with van der Waals surface area (Å²) in [6.07, 6.45) is 0.487. The lowest BCUT2D eigenvalue weighted by Gasteiger charge is -2.31. The van der Waals surface area contributed by atoms with Gasteiger partial charge in [-0.3, -0.25) is 4.79 Å². The normalized spacial score (nSPS) is 16.5. The van der Waals surface area contributed by atoms with E-state index in [1.165, 1.54) is 5.56 Å². The average molecular weight is 666 g/mol. The van der Waals surface area contributed by atoms with Crippen molar-refractivity contribution in [2.24, 2.45) is 10.1 Å². The number of hydrogen-bond acceptors (Lipinski definition) is 6. The van der Waals surface area contributed by atoms with Gasteiger partial charge in [-0.25, -0.2) is 4.99 Å². The van der Waals surface area contributed by atoms with E-state index in [0.717, 1.165) is 22.3 Å². The summed E-state index contributed by atoms with van der Waals surface area (Å²) in [5, 5.41) is 16.2. The molecule has 0 saturated carbocycles. The lowest BCUT2D eigenvalue weighted by molar-refractivity contribution is -0.128. The molecule has 0 aliphatic carbocycles. The number of ether oxygens (including phenoxy) is 2. The maximum absolute atomic E-state index is 14.7. The molecule has 0 aromatic heterocycles. The van der Waals surface area contributed by atoms with Crippen LogP contribution in [-0.2, 0) is 22.4 Å². The molecule has 0 saturated heterocycles. The highest BCUT2D eigenvalue weighted by Crippen LogP contribution is 2.44. The summed E-state index contributed by atoms with van der Waals surface area (Å²) < 4.78 is 12.5. The maximum Gasteiger partial charge on any atom is 0.252 e. The van der Waals surface area contributed by atoms with E-state index in [2.05, 4.69) is 51.7 Å². The van der Waals surface area contributed by atoms with Gasteiger partial charge in [-0.1, -0.05) is 114 Å². The predicted octanol–water partition coefficient (Wildman–Crippen LogP) is 8.22. The van der Waals surface area contributed by atoms with Crippen molar-refractivity contribution >= 4 is 17.5 Å². The fourth-order valence-corrected chi connectivity index (χ4v) is 6.09. The van der Waals surface area contributed by atoms with Gasteiger partial charge in [0.15, 0.2) is 11.6 Å². The Labute approximate surface area is 291 Å². The van der Waals surface area contributed by atoms with Crippen molar-refractivity contribution in [1.29, 1.82) is 0 Å². The van der Waals surface area contributed by atoms with Crippen LogP contribution in [0.15, 0.2) is 138 Å². The van der Waals surface area contributed by atoms with Crippen molar-refractivity contribution in [3.05, 3.63) is 166 Å². The van der Waals surface area contributed by atoms with Crippen molar-refractivity contribution in [2.45, 2.75) is 37.8 Å². The Hall–Kier alpha value is -5.89. The van der Waals surface area contributed by atoms with Crippen molar-refractivity contribution < 1.29 is 19.4 Å². The Balaban J connectivity index is 1.41. The number of azide groups is 1. The van der Waals surface area contributed by atoms with Crippen molar-refractivity contribution in [2.75, 3.05) is 19.8 Å². The van der Waals surface area contributed by atoms with E-state index >= 15 is 0 Å². The van der Waals surface area contributed by atoms with E-state index in [-0.39, 0.29) is 18.9 Å². The highest BCUT2D eigenvalue weighted by atomic mass is 16.5. The highest BCUT2D eigenvalue weighted by Gasteiger charge is 2.53. The number of nitrogens with zero attached hydrogens (tertiary/aromatic N) is 4. The number of nitrogens with one attached hydrogen (secondary N) is 1. The van der Waals surface area contributed by atoms with Gasteiger partial charge in [0, 0.05) is 42.2 Å². The van der Waals surface area contributed by atoms with E-state index in [0.29, 0.717) is 54.5 Å². The summed E-state index contributed by atoms with van der Waals surface area (Å²) >= 11 is 0. The van der Waals surface area contributed by atoms with Crippen molar-refractivity contribution in [3.8, 4) is 16.9 Å². The molecule has 2 atom stereocenters. The molecule has 6 rings (SSSR count). The van der Waals surface area contributed by atoms with Crippen LogP contribution in [0.4, 0.5) is 5.69 Å². The summed E-state index contributed by atoms with van der Waals surface area (Å²) in [6.45, 7) is 2.88. The van der Waals surface area contributed by atoms with E-state index in [1.807, 2.05) is 85.8 Å². The first-order valence-corrected chi connectivity index (χ1v) is 16.7. The molecule has 0 unspecified atom stereocenters. The number of aryl methyl sites for hydroxylation is 1. The molecule has 50 heavy (non-hydrogen) atoms. The number of aliphatic imine (C=N–C) groups is 1. The van der Waals surface area contributed by atoms with E-state index in [4.69, 9.17) is 19.6 Å². The van der Waals surface area contributed by atoms with E-state index < -0.39 is 11.6 Å². The molecule has 1 amide bonds. The number of carbonyl (C=O) groups excluding carboxylic acids is 1. The number of aliphatic hydroxyl groups is 1. The zero-order valence-electron chi connectivity index (χ0n) is 27.9. The SMILES string of the molecule is Cc1ccc(CCNC(=O)[C@]2(Cc3ccccc3N=[N+]=[N-])N=C(c3ccc(OCCCO)cc3)O[C@@H]2c2ccc(-c3ccccc3)cc2)cc1. The van der Waals surface area contributed by atoms with Gasteiger partial charge in [0.25, 0.3) is 5.91 Å². The number of amides is 1. The lowest BCUT2D eigenvalue weighted by Crippen LogP contribution is -2.50. The highest BCUT2D eigenvalue weighted by molar-refractivity contribution is 6.01. The van der Waals surface area contributed by atoms with Gasteiger partial charge < -0.3 is 19.9 Å². The van der Waals surface area contributed by atoms with Crippen LogP contribution in [0, 0.1) is 6.92 Å². The Bertz CT molecular complexity index is 1970. The van der Waals surface area contributed by atoms with E-state index in [9.17, 15) is 10.3 Å². The molecule has 252 valence electrons. The van der Waals surface area contributed by atoms with Crippen LogP contribution in [0.1, 0.15) is 40.3 Å². The zero-order valence-corrected chi connectivity index (χ0v) is 27.9. The number of rotatable bonds is 14. The second-order valence-electron chi connectivity index (χ2n) is 12.3. The van der Waals surface area contributed by atoms with Gasteiger partial charge >= 0.3 is 0 Å². The van der Waals surface area contributed by atoms with Gasteiger partial charge in [0.05, 0.1) is 6.61 Å². The molecule has 9 nitrogen and oxygen atoms in total. The second kappa shape index (κ2) is 16.0. The Morgan fingerprint density at radius 1 is 0.900 bits per heavy atom. The standard InChI is InChI=1S/C41H39N5O4/c1-29-12-14-30(15-13-29)24-25-43-40(48)41(28-35-10-5-6-11-37(35)45-46-42)38(33-18-16-32(17-19-33)31-8-3-2-4-9-31)50-39(44-41)34-20-22-36(23-21-34)49-27-7-26-47/h2-6,8-23,38,47H,7,24-28H2,1H3,(H,43,48)/t38-,41-/m1/s1. The van der Waals surface area contributed by atoms with Gasteiger partial charge in [-0.05, 0) is 71.0 Å². The minimum absolute atomic E-state index is 0.0500. The fourth-order valence-electron chi connectivity index (χ4n) is 6.09. The average Bonchev–Trinajstić information content (AvgIpc) is 3.54. The van der Waals surface area contributed by atoms with Gasteiger partial charge in [-0.2, -0.15) is 0 Å². The topological polar surface area (TPSA) is 129 Å². The van der Waals surface area contributed by atoms with Crippen molar-refractivity contribution in [1.82, 2.24) is 5.32 Å². The van der Waals surface area contributed by atoms with Crippen molar-refractivity contribution in [3.63, 3.8) is 0 Å². The molecule has 1 aliphatic rings. The Morgan fingerprint density at radius 2 is 1.58 bits per heavy atom. The minimum atomic E-state index is -1.45. The number of carbonyl (C=O) groups is 1. The molecule has 5 aromatic carbocycles. The number of benzene rings is 5. The molecule has 0 fully saturated rings. The Kier molecular flexibility index (Phi) is 10.9. The molecule has 2 N–H and O–H groups in total. The first-order valence-electron chi connectivity index (χ1n) is 16.7. The van der Waals surface area contributed by atoms with Gasteiger partial charge in [-0.15, -0.1) is 0 Å². The van der Waals surface area contributed by atoms with Crippen LogP contribution in [0.3, 0.4) is 0 Å². The summed E-state index contributed by atoms with van der Waals surface area (Å²) in [4.78, 5) is 22.9. The molecule has 0 radical (unpaired) electrons. The Morgan fingerprint density at radius 3 is 2.30 bits per heavy atom. The molecule has 0 bridgehead atoms. The predicted molar refractivity (Wildman–Crippen MR) is 195 cm³/mol. The summed E-state index contributed by atoms with van der Waals surface area (Å²) in [5.74, 6) is 0.674. The fraction of sp³-hybridized carbons (Fsp3) is 0.220. The summed E-state index contributed by atoms with van der Waals surface area (Å²) in [5.41, 5.74) is 14.9. The molecular formula is C41H39N5O4. The van der Waals surface area contributed by atoms with Crippen LogP contribution >= 0.6 is 0 Å². The molecule has 5 aromatic rings. The monoisotopic (exact) mass is 665 g/mol. The second-order valence-corrected chi connectivity index (χ2v) is 12.3. The number of hydrogen-bond donors (Lipinski definition) is 2. The molecule has 0 spiro atoms. The minimum Gasteiger partial charge on any atom is -0.494 e. The van der Waals surface area contributed by atoms with Gasteiger partial charge in [0.1, 0.15) is 5.75 Å². The molecular weight excluding hydrogens is 626 g/mol. The third-order valence-electron chi connectivity index (χ3n) is 8.77. The third-order valence-corrected chi connectivity index (χ3v) is 8.77. The first-order chi connectivity index (χ1) is 24.5. The van der Waals surface area contributed by atoms with Crippen LogP contribution in [0.5, 0.6) is 5.75 Å². The van der Waals surface area contributed by atoms with Crippen LogP contribution in [0.2, 0.25) is 0 Å². The summed E-state index contributed by atoms with van der Waals surface area (Å²) in [7, 11) is 0. The van der Waals surface area contributed by atoms with Crippen LogP contribution in [0.25, 0.3) is 21.6 Å². The first kappa shape index (κ1) is 34.0. The maximum atomic E-state index is 14.7. The molecule has 1 aliphatic heterocycles. The lowest BCUT2D eigenvalue weighted by atomic mass is 9.81. The van der Waals surface area contributed by atoms with Crippen LogP contribution < -0.4 is 10.1 Å². The van der Waals surface area contributed by atoms with Gasteiger partial charge in [0.2, 0.25) is 5.90 Å². The largest absolute Gasteiger partial charge is 0.494 e. The zero-order chi connectivity index (χ0) is 34.8. The quantitative estimate of drug-likeness (QED) is 0.0536. The van der Waals surface area contributed by atoms with Crippen LogP contribution in [-0.4, -0.2) is 42.2 Å².